The maximum absolute atomic E-state index is 11.3. The molecule has 1 amide bonds. The summed E-state index contributed by atoms with van der Waals surface area (Å²) >= 11 is 0. The molecule has 0 saturated heterocycles. The van der Waals surface area contributed by atoms with E-state index in [0.717, 1.165) is 17.1 Å². The lowest BCUT2D eigenvalue weighted by molar-refractivity contribution is -0.115. The number of anilines is 1. The summed E-state index contributed by atoms with van der Waals surface area (Å²) in [6.45, 7) is 1.76. The highest BCUT2D eigenvalue weighted by atomic mass is 16.1. The molecule has 5 heteroatoms. The number of nitrogens with one attached hydrogen (secondary N) is 1. The van der Waals surface area contributed by atoms with Gasteiger partial charge in [0.1, 0.15) is 6.29 Å². The second-order valence-corrected chi connectivity index (χ2v) is 3.56. The van der Waals surface area contributed by atoms with Crippen LogP contribution in [0.1, 0.15) is 23.7 Å². The average molecular weight is 229 g/mol. The van der Waals surface area contributed by atoms with E-state index in [0.29, 0.717) is 17.8 Å². The van der Waals surface area contributed by atoms with E-state index in [9.17, 15) is 9.59 Å². The predicted octanol–water partition coefficient (Wildman–Crippen LogP) is 1.79. The minimum absolute atomic E-state index is 0.119. The molecular formula is C12H11N3O2. The Bertz CT molecular complexity index is 581. The van der Waals surface area contributed by atoms with Gasteiger partial charge in [0, 0.05) is 22.8 Å². The van der Waals surface area contributed by atoms with Crippen molar-refractivity contribution >= 4 is 28.8 Å². The molecule has 0 spiro atoms. The van der Waals surface area contributed by atoms with Gasteiger partial charge in [-0.25, -0.2) is 0 Å². The number of rotatable bonds is 3. The standard InChI is InChI=1S/C12H11N3O2/c1-2-11(17)14-12-10-4-3-8(7-16)5-9(10)6-13-15-12/h3-7H,2H2,1H3,(H,14,15,17). The van der Waals surface area contributed by atoms with Gasteiger partial charge in [0.25, 0.3) is 0 Å². The molecule has 1 N–H and O–H groups in total. The number of nitrogens with zero attached hydrogens (tertiary/aromatic N) is 2. The van der Waals surface area contributed by atoms with Crippen molar-refractivity contribution in [3.05, 3.63) is 30.0 Å². The van der Waals surface area contributed by atoms with Crippen molar-refractivity contribution in [1.29, 1.82) is 0 Å². The Morgan fingerprint density at radius 3 is 3.00 bits per heavy atom. The topological polar surface area (TPSA) is 72.0 Å². The van der Waals surface area contributed by atoms with Gasteiger partial charge in [-0.2, -0.15) is 5.10 Å². The van der Waals surface area contributed by atoms with Crippen LogP contribution in [0.2, 0.25) is 0 Å². The number of hydrogen-bond acceptors (Lipinski definition) is 4. The van der Waals surface area contributed by atoms with Crippen LogP contribution in [0.15, 0.2) is 24.4 Å². The average Bonchev–Trinajstić information content (AvgIpc) is 2.38. The van der Waals surface area contributed by atoms with Gasteiger partial charge in [-0.3, -0.25) is 9.59 Å². The summed E-state index contributed by atoms with van der Waals surface area (Å²) in [5.41, 5.74) is 0.568. The van der Waals surface area contributed by atoms with Crippen molar-refractivity contribution in [2.24, 2.45) is 0 Å². The largest absolute Gasteiger partial charge is 0.309 e. The van der Waals surface area contributed by atoms with Gasteiger partial charge in [0.2, 0.25) is 5.91 Å². The summed E-state index contributed by atoms with van der Waals surface area (Å²) in [5.74, 6) is 0.304. The minimum Gasteiger partial charge on any atom is -0.309 e. The highest BCUT2D eigenvalue weighted by Gasteiger charge is 2.06. The molecule has 0 atom stereocenters. The van der Waals surface area contributed by atoms with Gasteiger partial charge in [0.15, 0.2) is 5.82 Å². The first-order chi connectivity index (χ1) is 8.24. The van der Waals surface area contributed by atoms with E-state index in [1.54, 1.807) is 31.3 Å². The number of fused-ring (bicyclic) bond motifs is 1. The fourth-order valence-electron chi connectivity index (χ4n) is 1.49. The zero-order valence-electron chi connectivity index (χ0n) is 9.30. The second kappa shape index (κ2) is 4.69. The van der Waals surface area contributed by atoms with E-state index in [1.165, 1.54) is 0 Å². The molecule has 0 radical (unpaired) electrons. The van der Waals surface area contributed by atoms with E-state index in [1.807, 2.05) is 0 Å². The highest BCUT2D eigenvalue weighted by Crippen LogP contribution is 2.20. The number of carbonyl (C=O) groups is 2. The number of aromatic nitrogens is 2. The number of benzene rings is 1. The molecule has 2 rings (SSSR count). The molecule has 1 aromatic heterocycles. The van der Waals surface area contributed by atoms with E-state index < -0.39 is 0 Å². The van der Waals surface area contributed by atoms with Gasteiger partial charge in [0.05, 0.1) is 6.20 Å². The van der Waals surface area contributed by atoms with E-state index in [2.05, 4.69) is 15.5 Å². The molecule has 0 aliphatic carbocycles. The Morgan fingerprint density at radius 1 is 1.47 bits per heavy atom. The van der Waals surface area contributed by atoms with Crippen molar-refractivity contribution in [2.45, 2.75) is 13.3 Å². The Labute approximate surface area is 97.9 Å². The molecule has 86 valence electrons. The van der Waals surface area contributed by atoms with Crippen LogP contribution in [0, 0.1) is 0 Å². The van der Waals surface area contributed by atoms with Crippen LogP contribution >= 0.6 is 0 Å². The molecule has 0 bridgehead atoms. The maximum Gasteiger partial charge on any atom is 0.225 e. The van der Waals surface area contributed by atoms with E-state index >= 15 is 0 Å². The van der Waals surface area contributed by atoms with Crippen molar-refractivity contribution < 1.29 is 9.59 Å². The molecule has 17 heavy (non-hydrogen) atoms. The Kier molecular flexibility index (Phi) is 3.09. The summed E-state index contributed by atoms with van der Waals surface area (Å²) in [6.07, 6.45) is 2.71. The van der Waals surface area contributed by atoms with E-state index in [-0.39, 0.29) is 5.91 Å². The van der Waals surface area contributed by atoms with Crippen LogP contribution < -0.4 is 5.32 Å². The normalized spacial score (nSPS) is 10.2. The molecule has 5 nitrogen and oxygen atoms in total. The fourth-order valence-corrected chi connectivity index (χ4v) is 1.49. The van der Waals surface area contributed by atoms with Gasteiger partial charge in [-0.05, 0) is 12.1 Å². The van der Waals surface area contributed by atoms with Crippen molar-refractivity contribution in [3.63, 3.8) is 0 Å². The molecule has 0 saturated carbocycles. The summed E-state index contributed by atoms with van der Waals surface area (Å²) < 4.78 is 0. The van der Waals surface area contributed by atoms with Crippen LogP contribution in [0.4, 0.5) is 5.82 Å². The van der Waals surface area contributed by atoms with Crippen molar-refractivity contribution in [1.82, 2.24) is 10.2 Å². The van der Waals surface area contributed by atoms with Crippen LogP contribution in [0.25, 0.3) is 10.8 Å². The third-order valence-electron chi connectivity index (χ3n) is 2.40. The smallest absolute Gasteiger partial charge is 0.225 e. The molecular weight excluding hydrogens is 218 g/mol. The molecule has 0 fully saturated rings. The molecule has 1 heterocycles. The second-order valence-electron chi connectivity index (χ2n) is 3.56. The predicted molar refractivity (Wildman–Crippen MR) is 63.8 cm³/mol. The quantitative estimate of drug-likeness (QED) is 0.814. The number of hydrogen-bond donors (Lipinski definition) is 1. The molecule has 0 aliphatic rings. The molecule has 2 aromatic rings. The summed E-state index contributed by atoms with van der Waals surface area (Å²) in [7, 11) is 0. The van der Waals surface area contributed by atoms with Crippen LogP contribution in [-0.2, 0) is 4.79 Å². The number of carbonyl (C=O) groups excluding carboxylic acids is 2. The van der Waals surface area contributed by atoms with Gasteiger partial charge < -0.3 is 5.32 Å². The minimum atomic E-state index is -0.119. The van der Waals surface area contributed by atoms with Crippen molar-refractivity contribution in [3.8, 4) is 0 Å². The molecule has 0 aliphatic heterocycles. The van der Waals surface area contributed by atoms with Crippen LogP contribution in [0.5, 0.6) is 0 Å². The van der Waals surface area contributed by atoms with Gasteiger partial charge in [-0.15, -0.1) is 5.10 Å². The van der Waals surface area contributed by atoms with E-state index in [4.69, 9.17) is 0 Å². The van der Waals surface area contributed by atoms with Crippen LogP contribution in [-0.4, -0.2) is 22.4 Å². The monoisotopic (exact) mass is 229 g/mol. The zero-order valence-corrected chi connectivity index (χ0v) is 9.30. The Balaban J connectivity index is 2.50. The number of aldehydes is 1. The summed E-state index contributed by atoms with van der Waals surface area (Å²) in [4.78, 5) is 22.0. The first-order valence-corrected chi connectivity index (χ1v) is 5.25. The Hall–Kier alpha value is -2.30. The molecule has 1 aromatic carbocycles. The Morgan fingerprint density at radius 2 is 2.29 bits per heavy atom. The third kappa shape index (κ3) is 2.28. The molecule has 0 unspecified atom stereocenters. The maximum atomic E-state index is 11.3. The summed E-state index contributed by atoms with van der Waals surface area (Å²) in [5, 5.41) is 11.9. The first-order valence-electron chi connectivity index (χ1n) is 5.25. The van der Waals surface area contributed by atoms with Crippen molar-refractivity contribution in [2.75, 3.05) is 5.32 Å². The number of amides is 1. The van der Waals surface area contributed by atoms with Gasteiger partial charge >= 0.3 is 0 Å². The lowest BCUT2D eigenvalue weighted by Gasteiger charge is -2.05. The lowest BCUT2D eigenvalue weighted by atomic mass is 10.1. The zero-order chi connectivity index (χ0) is 12.3. The third-order valence-corrected chi connectivity index (χ3v) is 2.40. The SMILES string of the molecule is CCC(=O)Nc1nncc2cc(C=O)ccc12. The summed E-state index contributed by atoms with van der Waals surface area (Å²) in [6, 6.07) is 5.14. The fraction of sp³-hybridized carbons (Fsp3) is 0.167. The van der Waals surface area contributed by atoms with Gasteiger partial charge in [-0.1, -0.05) is 13.0 Å². The highest BCUT2D eigenvalue weighted by molar-refractivity contribution is 6.01. The van der Waals surface area contributed by atoms with Crippen LogP contribution in [0.3, 0.4) is 0 Å². The lowest BCUT2D eigenvalue weighted by Crippen LogP contribution is -2.11. The first kappa shape index (κ1) is 11.2.